The van der Waals surface area contributed by atoms with Crippen LogP contribution in [0.25, 0.3) is 0 Å². The normalized spacial score (nSPS) is 20.8. The van der Waals surface area contributed by atoms with Gasteiger partial charge in [0.2, 0.25) is 0 Å². The SMILES string of the molecule is CC(C)NCC(C)(C)CN1CCCN(C)CC1. The first-order valence-electron chi connectivity index (χ1n) is 7.03. The number of hydrogen-bond acceptors (Lipinski definition) is 3. The van der Waals surface area contributed by atoms with Crippen LogP contribution in [0.4, 0.5) is 0 Å². The van der Waals surface area contributed by atoms with E-state index in [1.54, 1.807) is 0 Å². The average molecular weight is 241 g/mol. The van der Waals surface area contributed by atoms with Crippen molar-refractivity contribution in [3.63, 3.8) is 0 Å². The number of rotatable bonds is 5. The highest BCUT2D eigenvalue weighted by Gasteiger charge is 2.23. The van der Waals surface area contributed by atoms with Gasteiger partial charge in [-0.15, -0.1) is 0 Å². The maximum Gasteiger partial charge on any atom is 0.0109 e. The molecule has 0 amide bonds. The fourth-order valence-corrected chi connectivity index (χ4v) is 2.40. The van der Waals surface area contributed by atoms with Crippen molar-refractivity contribution >= 4 is 0 Å². The Morgan fingerprint density at radius 1 is 1.12 bits per heavy atom. The van der Waals surface area contributed by atoms with Crippen LogP contribution in [0.15, 0.2) is 0 Å². The summed E-state index contributed by atoms with van der Waals surface area (Å²) in [6.45, 7) is 16.4. The summed E-state index contributed by atoms with van der Waals surface area (Å²) in [6.07, 6.45) is 1.31. The van der Waals surface area contributed by atoms with Crippen LogP contribution in [0.1, 0.15) is 34.1 Å². The largest absolute Gasteiger partial charge is 0.314 e. The van der Waals surface area contributed by atoms with Crippen LogP contribution in [0.5, 0.6) is 0 Å². The Hall–Kier alpha value is -0.120. The van der Waals surface area contributed by atoms with Crippen LogP contribution < -0.4 is 5.32 Å². The molecule has 0 saturated carbocycles. The van der Waals surface area contributed by atoms with E-state index in [0.717, 1.165) is 6.54 Å². The highest BCUT2D eigenvalue weighted by Crippen LogP contribution is 2.17. The molecule has 1 N–H and O–H groups in total. The van der Waals surface area contributed by atoms with Gasteiger partial charge in [-0.05, 0) is 32.0 Å². The Balaban J connectivity index is 2.35. The Labute approximate surface area is 108 Å². The van der Waals surface area contributed by atoms with Gasteiger partial charge in [0.15, 0.2) is 0 Å². The first kappa shape index (κ1) is 14.9. The quantitative estimate of drug-likeness (QED) is 0.789. The molecule has 1 aliphatic heterocycles. The Kier molecular flexibility index (Phi) is 5.90. The maximum atomic E-state index is 3.56. The van der Waals surface area contributed by atoms with Crippen molar-refractivity contribution < 1.29 is 0 Å². The minimum Gasteiger partial charge on any atom is -0.314 e. The maximum absolute atomic E-state index is 3.56. The van der Waals surface area contributed by atoms with Crippen LogP contribution in [-0.4, -0.2) is 62.2 Å². The zero-order chi connectivity index (χ0) is 12.9. The zero-order valence-corrected chi connectivity index (χ0v) is 12.4. The summed E-state index contributed by atoms with van der Waals surface area (Å²) < 4.78 is 0. The Morgan fingerprint density at radius 3 is 2.47 bits per heavy atom. The number of nitrogens with zero attached hydrogens (tertiary/aromatic N) is 2. The van der Waals surface area contributed by atoms with Crippen molar-refractivity contribution in [2.45, 2.75) is 40.2 Å². The number of nitrogens with one attached hydrogen (secondary N) is 1. The lowest BCUT2D eigenvalue weighted by Gasteiger charge is -2.33. The van der Waals surface area contributed by atoms with Crippen molar-refractivity contribution in [3.05, 3.63) is 0 Å². The molecular weight excluding hydrogens is 210 g/mol. The van der Waals surface area contributed by atoms with Gasteiger partial charge < -0.3 is 15.1 Å². The molecule has 0 aromatic heterocycles. The lowest BCUT2D eigenvalue weighted by atomic mass is 9.92. The summed E-state index contributed by atoms with van der Waals surface area (Å²) in [5, 5.41) is 3.56. The fraction of sp³-hybridized carbons (Fsp3) is 1.00. The molecule has 0 aromatic rings. The molecule has 1 rings (SSSR count). The number of hydrogen-bond donors (Lipinski definition) is 1. The van der Waals surface area contributed by atoms with Crippen LogP contribution in [0.3, 0.4) is 0 Å². The van der Waals surface area contributed by atoms with E-state index in [1.165, 1.54) is 39.1 Å². The second-order valence-electron chi connectivity index (χ2n) is 6.63. The monoisotopic (exact) mass is 241 g/mol. The molecule has 1 heterocycles. The summed E-state index contributed by atoms with van der Waals surface area (Å²) in [5.41, 5.74) is 0.368. The first-order chi connectivity index (χ1) is 7.89. The summed E-state index contributed by atoms with van der Waals surface area (Å²) in [7, 11) is 2.23. The van der Waals surface area contributed by atoms with Gasteiger partial charge in [0.25, 0.3) is 0 Å². The Bertz CT molecular complexity index is 214. The van der Waals surface area contributed by atoms with Crippen LogP contribution >= 0.6 is 0 Å². The van der Waals surface area contributed by atoms with Crippen LogP contribution in [-0.2, 0) is 0 Å². The molecule has 0 spiro atoms. The van der Waals surface area contributed by atoms with Gasteiger partial charge in [-0.1, -0.05) is 27.7 Å². The standard InChI is InChI=1S/C14H31N3/c1-13(2)15-11-14(3,4)12-17-8-6-7-16(5)9-10-17/h13,15H,6-12H2,1-5H3. The molecule has 0 aromatic carbocycles. The van der Waals surface area contributed by atoms with Crippen LogP contribution in [0, 0.1) is 5.41 Å². The molecule has 3 heteroatoms. The first-order valence-corrected chi connectivity index (χ1v) is 7.03. The fourth-order valence-electron chi connectivity index (χ4n) is 2.40. The van der Waals surface area contributed by atoms with Gasteiger partial charge in [0, 0.05) is 32.2 Å². The predicted octanol–water partition coefficient (Wildman–Crippen LogP) is 1.65. The molecule has 102 valence electrons. The van der Waals surface area contributed by atoms with E-state index in [4.69, 9.17) is 0 Å². The molecule has 3 nitrogen and oxygen atoms in total. The van der Waals surface area contributed by atoms with E-state index in [2.05, 4.69) is 49.9 Å². The van der Waals surface area contributed by atoms with Gasteiger partial charge in [0.05, 0.1) is 0 Å². The van der Waals surface area contributed by atoms with Gasteiger partial charge in [-0.25, -0.2) is 0 Å². The van der Waals surface area contributed by atoms with E-state index in [0.29, 0.717) is 11.5 Å². The summed E-state index contributed by atoms with van der Waals surface area (Å²) >= 11 is 0. The van der Waals surface area contributed by atoms with E-state index in [-0.39, 0.29) is 0 Å². The average Bonchev–Trinajstić information content (AvgIpc) is 2.41. The second kappa shape index (κ2) is 6.72. The minimum atomic E-state index is 0.368. The van der Waals surface area contributed by atoms with E-state index in [9.17, 15) is 0 Å². The lowest BCUT2D eigenvalue weighted by Crippen LogP contribution is -2.43. The molecule has 1 saturated heterocycles. The molecular formula is C14H31N3. The summed E-state index contributed by atoms with van der Waals surface area (Å²) in [5.74, 6) is 0. The highest BCUT2D eigenvalue weighted by atomic mass is 15.2. The molecule has 0 bridgehead atoms. The molecule has 0 radical (unpaired) electrons. The third-order valence-electron chi connectivity index (χ3n) is 3.45. The van der Waals surface area contributed by atoms with Crippen LogP contribution in [0.2, 0.25) is 0 Å². The molecule has 1 fully saturated rings. The van der Waals surface area contributed by atoms with Crippen molar-refractivity contribution in [2.24, 2.45) is 5.41 Å². The third-order valence-corrected chi connectivity index (χ3v) is 3.45. The lowest BCUT2D eigenvalue weighted by molar-refractivity contribution is 0.176. The predicted molar refractivity (Wildman–Crippen MR) is 75.5 cm³/mol. The van der Waals surface area contributed by atoms with Gasteiger partial charge in [0.1, 0.15) is 0 Å². The molecule has 1 aliphatic rings. The van der Waals surface area contributed by atoms with E-state index < -0.39 is 0 Å². The molecule has 17 heavy (non-hydrogen) atoms. The van der Waals surface area contributed by atoms with Gasteiger partial charge >= 0.3 is 0 Å². The molecule has 0 unspecified atom stereocenters. The van der Waals surface area contributed by atoms with Crippen molar-refractivity contribution in [1.29, 1.82) is 0 Å². The highest BCUT2D eigenvalue weighted by molar-refractivity contribution is 4.79. The van der Waals surface area contributed by atoms with Crippen molar-refractivity contribution in [2.75, 3.05) is 46.3 Å². The third kappa shape index (κ3) is 6.39. The smallest absolute Gasteiger partial charge is 0.0109 e. The minimum absolute atomic E-state index is 0.368. The summed E-state index contributed by atoms with van der Waals surface area (Å²) in [6, 6.07) is 0.588. The topological polar surface area (TPSA) is 18.5 Å². The van der Waals surface area contributed by atoms with Gasteiger partial charge in [-0.2, -0.15) is 0 Å². The summed E-state index contributed by atoms with van der Waals surface area (Å²) in [4.78, 5) is 5.07. The Morgan fingerprint density at radius 2 is 1.82 bits per heavy atom. The zero-order valence-electron chi connectivity index (χ0n) is 12.4. The number of likely N-dealkylation sites (N-methyl/N-ethyl adjacent to an activating group) is 1. The van der Waals surface area contributed by atoms with E-state index >= 15 is 0 Å². The van der Waals surface area contributed by atoms with Gasteiger partial charge in [-0.3, -0.25) is 0 Å². The molecule has 0 atom stereocenters. The molecule has 0 aliphatic carbocycles. The van der Waals surface area contributed by atoms with Crippen molar-refractivity contribution in [3.8, 4) is 0 Å². The van der Waals surface area contributed by atoms with Crippen molar-refractivity contribution in [1.82, 2.24) is 15.1 Å². The van der Waals surface area contributed by atoms with E-state index in [1.807, 2.05) is 0 Å². The second-order valence-corrected chi connectivity index (χ2v) is 6.63.